The predicted molar refractivity (Wildman–Crippen MR) is 88.3 cm³/mol. The summed E-state index contributed by atoms with van der Waals surface area (Å²) in [5, 5.41) is 4.28. The van der Waals surface area contributed by atoms with Crippen molar-refractivity contribution in [2.24, 2.45) is 12.8 Å². The molecule has 1 aliphatic rings. The number of nitrogens with two attached hydrogens (primary N) is 1. The summed E-state index contributed by atoms with van der Waals surface area (Å²) in [7, 11) is 2.03. The van der Waals surface area contributed by atoms with Crippen LogP contribution in [0.4, 0.5) is 0 Å². The SMILES string of the molecule is CCCN(CCc1ccnn1C)C1(CN)CCCCCC1. The minimum Gasteiger partial charge on any atom is -0.329 e. The van der Waals surface area contributed by atoms with Crippen LogP contribution >= 0.6 is 0 Å². The third-order valence-corrected chi connectivity index (χ3v) is 5.14. The van der Waals surface area contributed by atoms with Gasteiger partial charge in [0.1, 0.15) is 0 Å². The molecule has 0 spiro atoms. The molecule has 0 atom stereocenters. The molecule has 0 radical (unpaired) electrons. The molecule has 1 aromatic heterocycles. The van der Waals surface area contributed by atoms with Crippen LogP contribution in [0.25, 0.3) is 0 Å². The first-order chi connectivity index (χ1) is 10.2. The summed E-state index contributed by atoms with van der Waals surface area (Å²) in [6.45, 7) is 5.34. The minimum atomic E-state index is 0.241. The molecule has 0 aromatic carbocycles. The van der Waals surface area contributed by atoms with E-state index in [9.17, 15) is 0 Å². The summed E-state index contributed by atoms with van der Waals surface area (Å²) in [5.74, 6) is 0. The van der Waals surface area contributed by atoms with E-state index in [0.717, 1.165) is 26.1 Å². The number of rotatable bonds is 7. The molecule has 2 N–H and O–H groups in total. The Balaban J connectivity index is 2.06. The molecular formula is C17H32N4. The van der Waals surface area contributed by atoms with Gasteiger partial charge in [-0.15, -0.1) is 0 Å². The highest BCUT2D eigenvalue weighted by atomic mass is 15.3. The molecule has 2 rings (SSSR count). The number of aryl methyl sites for hydroxylation is 1. The van der Waals surface area contributed by atoms with Crippen LogP contribution in [-0.4, -0.2) is 39.9 Å². The van der Waals surface area contributed by atoms with Crippen LogP contribution in [0.2, 0.25) is 0 Å². The van der Waals surface area contributed by atoms with Crippen LogP contribution < -0.4 is 5.73 Å². The topological polar surface area (TPSA) is 47.1 Å². The van der Waals surface area contributed by atoms with Crippen molar-refractivity contribution in [3.63, 3.8) is 0 Å². The van der Waals surface area contributed by atoms with Gasteiger partial charge >= 0.3 is 0 Å². The lowest BCUT2D eigenvalue weighted by molar-refractivity contribution is 0.0782. The second kappa shape index (κ2) is 7.95. The van der Waals surface area contributed by atoms with Gasteiger partial charge in [-0.05, 0) is 31.9 Å². The lowest BCUT2D eigenvalue weighted by Gasteiger charge is -2.43. The highest BCUT2D eigenvalue weighted by molar-refractivity contribution is 5.02. The second-order valence-corrected chi connectivity index (χ2v) is 6.53. The Bertz CT molecular complexity index is 405. The zero-order valence-electron chi connectivity index (χ0n) is 13.9. The maximum absolute atomic E-state index is 6.26. The number of nitrogens with zero attached hydrogens (tertiary/aromatic N) is 3. The Morgan fingerprint density at radius 1 is 1.24 bits per heavy atom. The fourth-order valence-corrected chi connectivity index (χ4v) is 3.79. The average Bonchev–Trinajstić information content (AvgIpc) is 2.77. The van der Waals surface area contributed by atoms with Gasteiger partial charge in [0, 0.05) is 44.0 Å². The Hall–Kier alpha value is -0.870. The molecule has 0 bridgehead atoms. The number of hydrogen-bond acceptors (Lipinski definition) is 3. The smallest absolute Gasteiger partial charge is 0.0492 e. The Morgan fingerprint density at radius 3 is 2.48 bits per heavy atom. The van der Waals surface area contributed by atoms with Crippen molar-refractivity contribution in [3.05, 3.63) is 18.0 Å². The molecule has 0 unspecified atom stereocenters. The molecule has 0 amide bonds. The van der Waals surface area contributed by atoms with E-state index in [-0.39, 0.29) is 5.54 Å². The van der Waals surface area contributed by atoms with E-state index in [1.807, 2.05) is 17.9 Å². The normalized spacial score (nSPS) is 18.9. The average molecular weight is 292 g/mol. The van der Waals surface area contributed by atoms with Crippen molar-refractivity contribution in [1.29, 1.82) is 0 Å². The minimum absolute atomic E-state index is 0.241. The molecule has 21 heavy (non-hydrogen) atoms. The van der Waals surface area contributed by atoms with Crippen LogP contribution in [0.3, 0.4) is 0 Å². The molecule has 1 aliphatic carbocycles. The van der Waals surface area contributed by atoms with Gasteiger partial charge in [-0.3, -0.25) is 9.58 Å². The molecular weight excluding hydrogens is 260 g/mol. The summed E-state index contributed by atoms with van der Waals surface area (Å²) < 4.78 is 1.99. The molecule has 1 saturated carbocycles. The molecule has 1 heterocycles. The highest BCUT2D eigenvalue weighted by Gasteiger charge is 2.35. The summed E-state index contributed by atoms with van der Waals surface area (Å²) in [6, 6.07) is 2.13. The van der Waals surface area contributed by atoms with Gasteiger partial charge in [0.15, 0.2) is 0 Å². The maximum Gasteiger partial charge on any atom is 0.0492 e. The Morgan fingerprint density at radius 2 is 1.95 bits per heavy atom. The summed E-state index contributed by atoms with van der Waals surface area (Å²) in [4.78, 5) is 2.69. The van der Waals surface area contributed by atoms with Gasteiger partial charge in [0.2, 0.25) is 0 Å². The first-order valence-corrected chi connectivity index (χ1v) is 8.64. The zero-order chi connectivity index (χ0) is 15.1. The molecule has 1 aromatic rings. The van der Waals surface area contributed by atoms with Gasteiger partial charge < -0.3 is 5.73 Å². The van der Waals surface area contributed by atoms with Gasteiger partial charge in [0.05, 0.1) is 0 Å². The van der Waals surface area contributed by atoms with Crippen molar-refractivity contribution in [3.8, 4) is 0 Å². The van der Waals surface area contributed by atoms with E-state index in [1.54, 1.807) is 0 Å². The monoisotopic (exact) mass is 292 g/mol. The molecule has 4 nitrogen and oxygen atoms in total. The first-order valence-electron chi connectivity index (χ1n) is 8.64. The predicted octanol–water partition coefficient (Wildman–Crippen LogP) is 2.73. The maximum atomic E-state index is 6.26. The quantitative estimate of drug-likeness (QED) is 0.786. The highest BCUT2D eigenvalue weighted by Crippen LogP contribution is 2.32. The number of aromatic nitrogens is 2. The largest absolute Gasteiger partial charge is 0.329 e. The van der Waals surface area contributed by atoms with Gasteiger partial charge in [-0.1, -0.05) is 32.6 Å². The summed E-state index contributed by atoms with van der Waals surface area (Å²) in [5.41, 5.74) is 7.82. The molecule has 4 heteroatoms. The van der Waals surface area contributed by atoms with Gasteiger partial charge in [-0.2, -0.15) is 5.10 Å². The fraction of sp³-hybridized carbons (Fsp3) is 0.824. The van der Waals surface area contributed by atoms with Crippen LogP contribution in [-0.2, 0) is 13.5 Å². The van der Waals surface area contributed by atoms with E-state index in [1.165, 1.54) is 50.6 Å². The molecule has 1 fully saturated rings. The first kappa shape index (κ1) is 16.5. The van der Waals surface area contributed by atoms with Gasteiger partial charge in [0.25, 0.3) is 0 Å². The fourth-order valence-electron chi connectivity index (χ4n) is 3.79. The van der Waals surface area contributed by atoms with E-state index >= 15 is 0 Å². The van der Waals surface area contributed by atoms with Crippen molar-refractivity contribution in [2.45, 2.75) is 63.8 Å². The molecule has 0 aliphatic heterocycles. The van der Waals surface area contributed by atoms with E-state index in [0.29, 0.717) is 0 Å². The second-order valence-electron chi connectivity index (χ2n) is 6.53. The third-order valence-electron chi connectivity index (χ3n) is 5.14. The van der Waals surface area contributed by atoms with Crippen molar-refractivity contribution in [1.82, 2.24) is 14.7 Å². The molecule has 120 valence electrons. The van der Waals surface area contributed by atoms with E-state index in [4.69, 9.17) is 5.73 Å². The van der Waals surface area contributed by atoms with Crippen molar-refractivity contribution in [2.75, 3.05) is 19.6 Å². The van der Waals surface area contributed by atoms with Crippen LogP contribution in [0.1, 0.15) is 57.6 Å². The van der Waals surface area contributed by atoms with Crippen molar-refractivity contribution < 1.29 is 0 Å². The lowest BCUT2D eigenvalue weighted by Crippen LogP contribution is -2.54. The third kappa shape index (κ3) is 4.07. The number of hydrogen-bond donors (Lipinski definition) is 1. The zero-order valence-corrected chi connectivity index (χ0v) is 13.9. The Kier molecular flexibility index (Phi) is 6.24. The van der Waals surface area contributed by atoms with Crippen LogP contribution in [0, 0.1) is 0 Å². The Labute approximate surface area is 129 Å². The van der Waals surface area contributed by atoms with Crippen LogP contribution in [0.15, 0.2) is 12.3 Å². The van der Waals surface area contributed by atoms with E-state index in [2.05, 4.69) is 23.0 Å². The van der Waals surface area contributed by atoms with Crippen molar-refractivity contribution >= 4 is 0 Å². The summed E-state index contributed by atoms with van der Waals surface area (Å²) in [6.07, 6.45) is 12.1. The summed E-state index contributed by atoms with van der Waals surface area (Å²) >= 11 is 0. The van der Waals surface area contributed by atoms with E-state index < -0.39 is 0 Å². The lowest BCUT2D eigenvalue weighted by atomic mass is 9.87. The van der Waals surface area contributed by atoms with Gasteiger partial charge in [-0.25, -0.2) is 0 Å². The molecule has 0 saturated heterocycles. The van der Waals surface area contributed by atoms with Crippen LogP contribution in [0.5, 0.6) is 0 Å². The standard InChI is InChI=1S/C17H32N4/c1-3-13-21(14-9-16-8-12-19-20(16)2)17(15-18)10-6-4-5-7-11-17/h8,12H,3-7,9-11,13-15,18H2,1-2H3.